The maximum atomic E-state index is 9.94. The van der Waals surface area contributed by atoms with E-state index in [4.69, 9.17) is 0 Å². The van der Waals surface area contributed by atoms with Crippen molar-refractivity contribution < 1.29 is 9.59 Å². The van der Waals surface area contributed by atoms with Gasteiger partial charge in [0.25, 0.3) is 0 Å². The van der Waals surface area contributed by atoms with Crippen LogP contribution in [-0.2, 0) is 9.59 Å². The van der Waals surface area contributed by atoms with Gasteiger partial charge in [0, 0.05) is 5.92 Å². The Hall–Kier alpha value is -1.24. The molecular formula is C8H12N2O2. The van der Waals surface area contributed by atoms with Crippen molar-refractivity contribution >= 4 is 12.2 Å². The second kappa shape index (κ2) is 5.42. The van der Waals surface area contributed by atoms with Gasteiger partial charge in [-0.25, -0.2) is 9.59 Å². The van der Waals surface area contributed by atoms with Gasteiger partial charge in [0.2, 0.25) is 12.2 Å². The van der Waals surface area contributed by atoms with Crippen LogP contribution < -0.4 is 0 Å². The van der Waals surface area contributed by atoms with E-state index in [2.05, 4.69) is 9.98 Å². The van der Waals surface area contributed by atoms with E-state index in [9.17, 15) is 9.59 Å². The average Bonchev–Trinajstić information content (AvgIpc) is 2.03. The molecule has 0 saturated heterocycles. The molecule has 0 amide bonds. The zero-order valence-electron chi connectivity index (χ0n) is 7.44. The van der Waals surface area contributed by atoms with Crippen molar-refractivity contribution in [3.05, 3.63) is 0 Å². The summed E-state index contributed by atoms with van der Waals surface area (Å²) in [4.78, 5) is 26.7. The van der Waals surface area contributed by atoms with E-state index in [-0.39, 0.29) is 5.92 Å². The highest BCUT2D eigenvalue weighted by atomic mass is 16.1. The van der Waals surface area contributed by atoms with Gasteiger partial charge in [-0.3, -0.25) is 0 Å². The van der Waals surface area contributed by atoms with E-state index in [1.54, 1.807) is 0 Å². The van der Waals surface area contributed by atoms with Gasteiger partial charge in [0.15, 0.2) is 6.17 Å². The van der Waals surface area contributed by atoms with Gasteiger partial charge in [-0.05, 0) is 5.92 Å². The summed E-state index contributed by atoms with van der Waals surface area (Å²) in [5, 5.41) is 0. The molecule has 66 valence electrons. The number of aliphatic imine (C=N–C) groups is 2. The maximum absolute atomic E-state index is 9.94. The number of hydrogen-bond acceptors (Lipinski definition) is 4. The molecule has 12 heavy (non-hydrogen) atoms. The molecule has 0 spiro atoms. The molecule has 0 aliphatic heterocycles. The Morgan fingerprint density at radius 1 is 1.00 bits per heavy atom. The van der Waals surface area contributed by atoms with Crippen LogP contribution in [-0.4, -0.2) is 18.3 Å². The summed E-state index contributed by atoms with van der Waals surface area (Å²) in [5.74, 6) is 0.358. The maximum Gasteiger partial charge on any atom is 0.237 e. The highest BCUT2D eigenvalue weighted by Gasteiger charge is 2.18. The van der Waals surface area contributed by atoms with Crippen LogP contribution >= 0.6 is 0 Å². The van der Waals surface area contributed by atoms with Gasteiger partial charge in [-0.2, -0.15) is 9.98 Å². The Labute approximate surface area is 71.4 Å². The molecule has 0 fully saturated rings. The molecule has 0 aliphatic rings. The molecule has 0 bridgehead atoms. The van der Waals surface area contributed by atoms with Crippen LogP contribution in [0.3, 0.4) is 0 Å². The zero-order valence-corrected chi connectivity index (χ0v) is 7.44. The Morgan fingerprint density at radius 3 is 1.67 bits per heavy atom. The third kappa shape index (κ3) is 3.24. The number of rotatable bonds is 4. The fourth-order valence-electron chi connectivity index (χ4n) is 0.716. The quantitative estimate of drug-likeness (QED) is 0.469. The second-order valence-electron chi connectivity index (χ2n) is 2.96. The molecule has 0 radical (unpaired) electrons. The van der Waals surface area contributed by atoms with Crippen LogP contribution in [0.2, 0.25) is 0 Å². The van der Waals surface area contributed by atoms with Crippen LogP contribution in [0.5, 0.6) is 0 Å². The first-order chi connectivity index (χ1) is 5.63. The van der Waals surface area contributed by atoms with Crippen molar-refractivity contribution in [3.8, 4) is 0 Å². The Bertz CT molecular complexity index is 207. The minimum Gasteiger partial charge on any atom is -0.211 e. The normalized spacial score (nSPS) is 14.3. The topological polar surface area (TPSA) is 58.9 Å². The minimum atomic E-state index is -0.625. The molecule has 0 N–H and O–H groups in total. The van der Waals surface area contributed by atoms with E-state index in [0.717, 1.165) is 0 Å². The first-order valence-electron chi connectivity index (χ1n) is 3.77. The predicted molar refractivity (Wildman–Crippen MR) is 44.0 cm³/mol. The Kier molecular flexibility index (Phi) is 4.86. The van der Waals surface area contributed by atoms with Crippen molar-refractivity contribution in [3.63, 3.8) is 0 Å². The van der Waals surface area contributed by atoms with E-state index >= 15 is 0 Å². The van der Waals surface area contributed by atoms with Crippen molar-refractivity contribution in [1.82, 2.24) is 0 Å². The molecule has 4 nitrogen and oxygen atoms in total. The fraction of sp³-hybridized carbons (Fsp3) is 0.750. The highest BCUT2D eigenvalue weighted by Crippen LogP contribution is 2.17. The predicted octanol–water partition coefficient (Wildman–Crippen LogP) is 1.28. The average molecular weight is 168 g/mol. The second-order valence-corrected chi connectivity index (χ2v) is 2.96. The lowest BCUT2D eigenvalue weighted by Crippen LogP contribution is -2.18. The van der Waals surface area contributed by atoms with Gasteiger partial charge in [-0.15, -0.1) is 0 Å². The fourth-order valence-corrected chi connectivity index (χ4v) is 0.716. The lowest BCUT2D eigenvalue weighted by Gasteiger charge is -2.16. The third-order valence-corrected chi connectivity index (χ3v) is 1.89. The highest BCUT2D eigenvalue weighted by molar-refractivity contribution is 5.37. The van der Waals surface area contributed by atoms with E-state index in [1.807, 2.05) is 20.8 Å². The van der Waals surface area contributed by atoms with Crippen LogP contribution in [0.4, 0.5) is 0 Å². The molecule has 0 aliphatic carbocycles. The lowest BCUT2D eigenvalue weighted by atomic mass is 9.95. The van der Waals surface area contributed by atoms with Gasteiger partial charge >= 0.3 is 0 Å². The number of nitrogens with zero attached hydrogens (tertiary/aromatic N) is 2. The standard InChI is InChI=1S/C8H12N2O2/c1-6(2)7(3)8(9-4-11)10-5-12/h6-8H,1-3H3. The first kappa shape index (κ1) is 10.8. The van der Waals surface area contributed by atoms with Crippen LogP contribution in [0.15, 0.2) is 9.98 Å². The zero-order chi connectivity index (χ0) is 9.56. The minimum absolute atomic E-state index is 0.0490. The van der Waals surface area contributed by atoms with Gasteiger partial charge < -0.3 is 0 Å². The molecule has 0 aromatic heterocycles. The van der Waals surface area contributed by atoms with Crippen LogP contribution in [0.1, 0.15) is 20.8 Å². The summed E-state index contributed by atoms with van der Waals surface area (Å²) in [7, 11) is 0. The number of carbonyl (C=O) groups excluding carboxylic acids is 2. The molecule has 1 atom stereocenters. The van der Waals surface area contributed by atoms with Crippen LogP contribution in [0, 0.1) is 11.8 Å². The first-order valence-corrected chi connectivity index (χ1v) is 3.77. The Balaban J connectivity index is 4.49. The molecule has 1 unspecified atom stereocenters. The summed E-state index contributed by atoms with van der Waals surface area (Å²) in [6.07, 6.45) is 2.16. The molecule has 0 aromatic rings. The SMILES string of the molecule is CC(C)C(C)C(N=C=O)N=C=O. The van der Waals surface area contributed by atoms with E-state index in [1.165, 1.54) is 12.2 Å². The molecule has 0 heterocycles. The monoisotopic (exact) mass is 168 g/mol. The summed E-state index contributed by atoms with van der Waals surface area (Å²) < 4.78 is 0. The van der Waals surface area contributed by atoms with Crippen molar-refractivity contribution in [1.29, 1.82) is 0 Å². The van der Waals surface area contributed by atoms with E-state index < -0.39 is 6.17 Å². The van der Waals surface area contributed by atoms with E-state index in [0.29, 0.717) is 5.92 Å². The summed E-state index contributed by atoms with van der Waals surface area (Å²) in [6.45, 7) is 5.81. The molecular weight excluding hydrogens is 156 g/mol. The molecule has 4 heteroatoms. The van der Waals surface area contributed by atoms with Crippen molar-refractivity contribution in [2.75, 3.05) is 0 Å². The summed E-state index contributed by atoms with van der Waals surface area (Å²) >= 11 is 0. The van der Waals surface area contributed by atoms with Crippen LogP contribution in [0.25, 0.3) is 0 Å². The van der Waals surface area contributed by atoms with Crippen molar-refractivity contribution in [2.24, 2.45) is 21.8 Å². The van der Waals surface area contributed by atoms with Gasteiger partial charge in [0.05, 0.1) is 0 Å². The molecule has 0 saturated carbocycles. The number of isocyanates is 2. The summed E-state index contributed by atoms with van der Waals surface area (Å²) in [5.41, 5.74) is 0. The van der Waals surface area contributed by atoms with Crippen molar-refractivity contribution in [2.45, 2.75) is 26.9 Å². The molecule has 0 rings (SSSR count). The largest absolute Gasteiger partial charge is 0.237 e. The lowest BCUT2D eigenvalue weighted by molar-refractivity contribution is 0.353. The molecule has 0 aromatic carbocycles. The summed E-state index contributed by atoms with van der Waals surface area (Å²) in [6, 6.07) is 0. The third-order valence-electron chi connectivity index (χ3n) is 1.89. The van der Waals surface area contributed by atoms with Gasteiger partial charge in [0.1, 0.15) is 0 Å². The Morgan fingerprint density at radius 2 is 1.42 bits per heavy atom. The number of hydrogen-bond donors (Lipinski definition) is 0. The van der Waals surface area contributed by atoms with Gasteiger partial charge in [-0.1, -0.05) is 20.8 Å². The smallest absolute Gasteiger partial charge is 0.211 e.